The van der Waals surface area contributed by atoms with Crippen LogP contribution in [-0.4, -0.2) is 19.0 Å². The Balaban J connectivity index is 2.77. The zero-order chi connectivity index (χ0) is 12.1. The lowest BCUT2D eigenvalue weighted by molar-refractivity contribution is 0.256. The largest absolute Gasteiger partial charge is 0.370 e. The average Bonchev–Trinajstić information content (AvgIpc) is 2.23. The molecule has 0 radical (unpaired) electrons. The highest BCUT2D eigenvalue weighted by Crippen LogP contribution is 2.30. The second-order valence-electron chi connectivity index (χ2n) is 2.78. The fourth-order valence-corrected chi connectivity index (χ4v) is 2.13. The molecule has 4 N–H and O–H groups in total. The van der Waals surface area contributed by atoms with Crippen molar-refractivity contribution in [2.45, 2.75) is 0 Å². The molecule has 5 nitrogen and oxygen atoms in total. The molecule has 1 rings (SSSR count). The van der Waals surface area contributed by atoms with Gasteiger partial charge in [-0.25, -0.2) is 4.79 Å². The summed E-state index contributed by atoms with van der Waals surface area (Å²) in [6.45, 7) is 0. The predicted octanol–water partition coefficient (Wildman–Crippen LogP) is 2.28. The van der Waals surface area contributed by atoms with Gasteiger partial charge in [-0.3, -0.25) is 10.3 Å². The van der Waals surface area contributed by atoms with Gasteiger partial charge in [-0.15, -0.1) is 0 Å². The van der Waals surface area contributed by atoms with E-state index in [-0.39, 0.29) is 5.96 Å². The fourth-order valence-electron chi connectivity index (χ4n) is 0.934. The van der Waals surface area contributed by atoms with E-state index in [1.807, 2.05) is 18.2 Å². The first-order chi connectivity index (χ1) is 7.54. The maximum atomic E-state index is 11.5. The third-order valence-electron chi connectivity index (χ3n) is 1.68. The summed E-state index contributed by atoms with van der Waals surface area (Å²) in [6.07, 6.45) is 0. The minimum absolute atomic E-state index is 0.0562. The van der Waals surface area contributed by atoms with Crippen LogP contribution < -0.4 is 16.4 Å². The fraction of sp³-hybridized carbons (Fsp3) is 0.111. The van der Waals surface area contributed by atoms with Crippen molar-refractivity contribution in [2.75, 3.05) is 12.4 Å². The van der Waals surface area contributed by atoms with Crippen molar-refractivity contribution in [2.24, 2.45) is 10.7 Å². The van der Waals surface area contributed by atoms with Crippen molar-refractivity contribution in [3.05, 3.63) is 27.1 Å². The first-order valence-electron chi connectivity index (χ1n) is 4.29. The standard InChI is InChI=1S/C9H10Br2N4O/c1-13-8(12)15-9(16)14-7-5(10)3-2-4-6(7)11/h2-4H,1H3,(H4,12,13,14,15,16). The summed E-state index contributed by atoms with van der Waals surface area (Å²) in [5, 5.41) is 5.01. The topological polar surface area (TPSA) is 79.5 Å². The molecule has 16 heavy (non-hydrogen) atoms. The SMILES string of the molecule is CN=C(N)NC(=O)Nc1c(Br)cccc1Br. The number of nitrogens with one attached hydrogen (secondary N) is 2. The number of carbonyl (C=O) groups is 1. The summed E-state index contributed by atoms with van der Waals surface area (Å²) in [4.78, 5) is 15.1. The van der Waals surface area contributed by atoms with E-state index < -0.39 is 6.03 Å². The van der Waals surface area contributed by atoms with Crippen molar-refractivity contribution in [1.29, 1.82) is 0 Å². The van der Waals surface area contributed by atoms with Crippen LogP contribution in [0.15, 0.2) is 32.1 Å². The van der Waals surface area contributed by atoms with Crippen LogP contribution in [0.2, 0.25) is 0 Å². The van der Waals surface area contributed by atoms with Gasteiger partial charge in [0, 0.05) is 16.0 Å². The molecule has 0 spiro atoms. The Hall–Kier alpha value is -1.08. The molecule has 0 bridgehead atoms. The van der Waals surface area contributed by atoms with Gasteiger partial charge in [-0.2, -0.15) is 0 Å². The minimum Gasteiger partial charge on any atom is -0.370 e. The normalized spacial score (nSPS) is 11.1. The number of nitrogens with two attached hydrogens (primary N) is 1. The molecule has 0 heterocycles. The number of nitrogens with zero attached hydrogens (tertiary/aromatic N) is 1. The second kappa shape index (κ2) is 5.86. The van der Waals surface area contributed by atoms with Crippen LogP contribution in [0, 0.1) is 0 Å². The number of amides is 2. The maximum absolute atomic E-state index is 11.5. The summed E-state index contributed by atoms with van der Waals surface area (Å²) in [6, 6.07) is 5.03. The molecule has 86 valence electrons. The minimum atomic E-state index is -0.448. The van der Waals surface area contributed by atoms with Crippen LogP contribution in [0.25, 0.3) is 0 Å². The Labute approximate surface area is 110 Å². The third kappa shape index (κ3) is 3.49. The zero-order valence-electron chi connectivity index (χ0n) is 8.42. The number of hydrogen-bond acceptors (Lipinski definition) is 2. The Morgan fingerprint density at radius 2 is 1.94 bits per heavy atom. The van der Waals surface area contributed by atoms with E-state index in [4.69, 9.17) is 5.73 Å². The lowest BCUT2D eigenvalue weighted by Gasteiger charge is -2.09. The van der Waals surface area contributed by atoms with Gasteiger partial charge >= 0.3 is 6.03 Å². The molecule has 0 atom stereocenters. The van der Waals surface area contributed by atoms with Gasteiger partial charge in [0.2, 0.25) is 0 Å². The highest BCUT2D eigenvalue weighted by atomic mass is 79.9. The van der Waals surface area contributed by atoms with E-state index in [9.17, 15) is 4.79 Å². The van der Waals surface area contributed by atoms with Gasteiger partial charge < -0.3 is 11.1 Å². The molecule has 0 fully saturated rings. The number of hydrogen-bond donors (Lipinski definition) is 3. The number of halogens is 2. The Morgan fingerprint density at radius 1 is 1.38 bits per heavy atom. The van der Waals surface area contributed by atoms with Gasteiger partial charge in [-0.05, 0) is 44.0 Å². The molecule has 0 saturated carbocycles. The number of urea groups is 1. The van der Waals surface area contributed by atoms with Crippen LogP contribution in [0.1, 0.15) is 0 Å². The highest BCUT2D eigenvalue weighted by molar-refractivity contribution is 9.11. The number of anilines is 1. The maximum Gasteiger partial charge on any atom is 0.326 e. The monoisotopic (exact) mass is 348 g/mol. The van der Waals surface area contributed by atoms with E-state index in [2.05, 4.69) is 47.5 Å². The van der Waals surface area contributed by atoms with Gasteiger partial charge in [0.05, 0.1) is 5.69 Å². The first kappa shape index (κ1) is 13.0. The molecular formula is C9H10Br2N4O. The summed E-state index contributed by atoms with van der Waals surface area (Å²) >= 11 is 6.65. The second-order valence-corrected chi connectivity index (χ2v) is 4.49. The van der Waals surface area contributed by atoms with Crippen LogP contribution in [0.4, 0.5) is 10.5 Å². The molecule has 0 aromatic heterocycles. The number of guanidine groups is 1. The molecule has 7 heteroatoms. The predicted molar refractivity (Wildman–Crippen MR) is 71.5 cm³/mol. The van der Waals surface area contributed by atoms with Crippen LogP contribution in [-0.2, 0) is 0 Å². The van der Waals surface area contributed by atoms with Crippen molar-refractivity contribution in [1.82, 2.24) is 5.32 Å². The number of rotatable bonds is 1. The molecule has 0 aliphatic rings. The number of carbonyl (C=O) groups excluding carboxylic acids is 1. The van der Waals surface area contributed by atoms with Gasteiger partial charge in [0.1, 0.15) is 0 Å². The van der Waals surface area contributed by atoms with Crippen molar-refractivity contribution in [3.63, 3.8) is 0 Å². The Morgan fingerprint density at radius 3 is 2.44 bits per heavy atom. The summed E-state index contributed by atoms with van der Waals surface area (Å²) < 4.78 is 1.54. The van der Waals surface area contributed by atoms with Crippen molar-refractivity contribution < 1.29 is 4.79 Å². The van der Waals surface area contributed by atoms with E-state index in [1.54, 1.807) is 0 Å². The van der Waals surface area contributed by atoms with Gasteiger partial charge in [0.15, 0.2) is 5.96 Å². The van der Waals surface area contributed by atoms with E-state index in [0.717, 1.165) is 8.95 Å². The number of aliphatic imine (C=N–C) groups is 1. The smallest absolute Gasteiger partial charge is 0.326 e. The van der Waals surface area contributed by atoms with Crippen molar-refractivity contribution >= 4 is 49.5 Å². The Kier molecular flexibility index (Phi) is 4.75. The summed E-state index contributed by atoms with van der Waals surface area (Å²) in [5.74, 6) is 0.0562. The van der Waals surface area contributed by atoms with E-state index in [0.29, 0.717) is 5.69 Å². The summed E-state index contributed by atoms with van der Waals surface area (Å²) in [5.41, 5.74) is 5.99. The van der Waals surface area contributed by atoms with Crippen LogP contribution in [0.5, 0.6) is 0 Å². The molecule has 2 amide bonds. The number of benzene rings is 1. The lowest BCUT2D eigenvalue weighted by atomic mass is 10.3. The Bertz CT molecular complexity index is 413. The van der Waals surface area contributed by atoms with E-state index >= 15 is 0 Å². The molecule has 0 aliphatic carbocycles. The van der Waals surface area contributed by atoms with Crippen LogP contribution in [0.3, 0.4) is 0 Å². The number of para-hydroxylation sites is 1. The summed E-state index contributed by atoms with van der Waals surface area (Å²) in [7, 11) is 1.49. The lowest BCUT2D eigenvalue weighted by Crippen LogP contribution is -2.39. The third-order valence-corrected chi connectivity index (χ3v) is 3.01. The molecule has 0 unspecified atom stereocenters. The van der Waals surface area contributed by atoms with Crippen molar-refractivity contribution in [3.8, 4) is 0 Å². The molecular weight excluding hydrogens is 340 g/mol. The molecule has 0 aliphatic heterocycles. The quantitative estimate of drug-likeness (QED) is 0.537. The average molecular weight is 350 g/mol. The molecule has 0 saturated heterocycles. The molecule has 1 aromatic carbocycles. The highest BCUT2D eigenvalue weighted by Gasteiger charge is 2.08. The first-order valence-corrected chi connectivity index (χ1v) is 5.87. The zero-order valence-corrected chi connectivity index (χ0v) is 11.6. The van der Waals surface area contributed by atoms with Gasteiger partial charge in [-0.1, -0.05) is 6.07 Å². The van der Waals surface area contributed by atoms with E-state index in [1.165, 1.54) is 7.05 Å². The van der Waals surface area contributed by atoms with Crippen LogP contribution >= 0.6 is 31.9 Å². The molecule has 1 aromatic rings. The van der Waals surface area contributed by atoms with Gasteiger partial charge in [0.25, 0.3) is 0 Å².